The number of piperidine rings is 1. The Morgan fingerprint density at radius 1 is 1.40 bits per heavy atom. The molecule has 0 saturated carbocycles. The number of thiazole rings is 1. The number of nitrogens with one attached hydrogen (secondary N) is 1. The smallest absolute Gasteiger partial charge is 0.241 e. The van der Waals surface area contributed by atoms with Gasteiger partial charge in [0.25, 0.3) is 0 Å². The first-order valence-corrected chi connectivity index (χ1v) is 9.30. The molecular formula is C16H19Cl3N4OS. The number of aromatic nitrogens is 1. The molecule has 3 N–H and O–H groups in total. The third kappa shape index (κ3) is 5.21. The topological polar surface area (TPSA) is 71.2 Å². The molecule has 1 aliphatic rings. The molecular weight excluding hydrogens is 403 g/mol. The van der Waals surface area contributed by atoms with Crippen molar-refractivity contribution in [2.75, 3.05) is 17.6 Å². The lowest BCUT2D eigenvalue weighted by molar-refractivity contribution is -0.122. The lowest BCUT2D eigenvalue weighted by Gasteiger charge is -2.34. The van der Waals surface area contributed by atoms with Gasteiger partial charge in [0.2, 0.25) is 5.91 Å². The molecule has 0 bridgehead atoms. The molecule has 25 heavy (non-hydrogen) atoms. The zero-order valence-electron chi connectivity index (χ0n) is 13.4. The maximum absolute atomic E-state index is 12.7. The molecule has 0 aliphatic carbocycles. The largest absolute Gasteiger partial charge is 0.375 e. The molecule has 1 fully saturated rings. The van der Waals surface area contributed by atoms with Crippen LogP contribution in [-0.2, 0) is 11.3 Å². The van der Waals surface area contributed by atoms with Crippen LogP contribution in [0.1, 0.15) is 24.1 Å². The number of nitrogens with two attached hydrogens (primary N) is 1. The Hall–Kier alpha value is -1.05. The predicted octanol–water partition coefficient (Wildman–Crippen LogP) is 4.45. The van der Waals surface area contributed by atoms with Crippen LogP contribution in [0.5, 0.6) is 0 Å². The number of carbonyl (C=O) groups is 1. The summed E-state index contributed by atoms with van der Waals surface area (Å²) in [6.45, 7) is 1.55. The molecule has 1 amide bonds. The lowest BCUT2D eigenvalue weighted by Crippen LogP contribution is -2.46. The van der Waals surface area contributed by atoms with Gasteiger partial charge < -0.3 is 11.1 Å². The Kier molecular flexibility index (Phi) is 7.34. The number of benzene rings is 1. The van der Waals surface area contributed by atoms with Crippen LogP contribution in [0.15, 0.2) is 24.4 Å². The quantitative estimate of drug-likeness (QED) is 0.765. The van der Waals surface area contributed by atoms with Crippen LogP contribution in [0.3, 0.4) is 0 Å². The first kappa shape index (κ1) is 20.3. The second-order valence-corrected chi connectivity index (χ2v) is 7.75. The van der Waals surface area contributed by atoms with Crippen molar-refractivity contribution in [3.8, 4) is 0 Å². The summed E-state index contributed by atoms with van der Waals surface area (Å²) in [6, 6.07) is 4.84. The highest BCUT2D eigenvalue weighted by Gasteiger charge is 2.29. The molecule has 3 rings (SSSR count). The van der Waals surface area contributed by atoms with E-state index in [4.69, 9.17) is 28.9 Å². The fourth-order valence-corrected chi connectivity index (χ4v) is 3.93. The second-order valence-electron chi connectivity index (χ2n) is 5.76. The molecule has 1 unspecified atom stereocenters. The fraction of sp³-hybridized carbons (Fsp3) is 0.375. The molecule has 1 aromatic carbocycles. The summed E-state index contributed by atoms with van der Waals surface area (Å²) in [5.74, 6) is -0.0589. The van der Waals surface area contributed by atoms with Gasteiger partial charge in [0.15, 0.2) is 5.13 Å². The Balaban J connectivity index is 0.00000225. The van der Waals surface area contributed by atoms with Gasteiger partial charge in [0.1, 0.15) is 0 Å². The zero-order valence-corrected chi connectivity index (χ0v) is 16.5. The molecule has 0 radical (unpaired) electrons. The molecule has 2 heterocycles. The first-order chi connectivity index (χ1) is 11.5. The maximum Gasteiger partial charge on any atom is 0.241 e. The highest BCUT2D eigenvalue weighted by Crippen LogP contribution is 2.28. The fourth-order valence-electron chi connectivity index (χ4n) is 2.88. The standard InChI is InChI=1S/C16H18Cl2N4OS.ClH/c17-10-4-5-12(18)13(7-10)21-15(23)14-3-1-2-6-22(14)9-11-8-20-16(19)24-11;/h4-5,7-8,14H,1-3,6,9H2,(H2,19,20)(H,21,23);1H. The van der Waals surface area contributed by atoms with Crippen LogP contribution in [0.25, 0.3) is 0 Å². The number of amides is 1. The monoisotopic (exact) mass is 420 g/mol. The molecule has 1 aliphatic heterocycles. The van der Waals surface area contributed by atoms with Crippen molar-refractivity contribution in [3.63, 3.8) is 0 Å². The highest BCUT2D eigenvalue weighted by atomic mass is 35.5. The first-order valence-electron chi connectivity index (χ1n) is 7.73. The number of hydrogen-bond donors (Lipinski definition) is 2. The molecule has 5 nitrogen and oxygen atoms in total. The second kappa shape index (κ2) is 9.05. The van der Waals surface area contributed by atoms with Gasteiger partial charge in [-0.15, -0.1) is 23.7 Å². The van der Waals surface area contributed by atoms with Gasteiger partial charge in [0, 0.05) is 22.6 Å². The predicted molar refractivity (Wildman–Crippen MR) is 107 cm³/mol. The van der Waals surface area contributed by atoms with Crippen LogP contribution >= 0.6 is 46.9 Å². The zero-order chi connectivity index (χ0) is 17.1. The number of likely N-dealkylation sites (tertiary alicyclic amines) is 1. The summed E-state index contributed by atoms with van der Waals surface area (Å²) in [5.41, 5.74) is 6.24. The van der Waals surface area contributed by atoms with Crippen LogP contribution < -0.4 is 11.1 Å². The third-order valence-electron chi connectivity index (χ3n) is 4.03. The van der Waals surface area contributed by atoms with Gasteiger partial charge in [-0.1, -0.05) is 29.6 Å². The number of rotatable bonds is 4. The summed E-state index contributed by atoms with van der Waals surface area (Å²) in [4.78, 5) is 20.1. The van der Waals surface area contributed by atoms with Gasteiger partial charge >= 0.3 is 0 Å². The van der Waals surface area contributed by atoms with Crippen molar-refractivity contribution >= 4 is 63.7 Å². The molecule has 1 aromatic heterocycles. The van der Waals surface area contributed by atoms with E-state index >= 15 is 0 Å². The third-order valence-corrected chi connectivity index (χ3v) is 5.41. The normalized spacial score (nSPS) is 17.8. The van der Waals surface area contributed by atoms with Gasteiger partial charge in [0.05, 0.1) is 16.8 Å². The van der Waals surface area contributed by atoms with E-state index in [1.807, 2.05) is 0 Å². The van der Waals surface area contributed by atoms with Crippen molar-refractivity contribution in [2.24, 2.45) is 0 Å². The van der Waals surface area contributed by atoms with E-state index < -0.39 is 0 Å². The van der Waals surface area contributed by atoms with Crippen molar-refractivity contribution < 1.29 is 4.79 Å². The summed E-state index contributed by atoms with van der Waals surface area (Å²) in [5, 5.41) is 4.47. The maximum atomic E-state index is 12.7. The van der Waals surface area contributed by atoms with Crippen LogP contribution in [0, 0.1) is 0 Å². The van der Waals surface area contributed by atoms with Crippen molar-refractivity contribution in [2.45, 2.75) is 31.8 Å². The van der Waals surface area contributed by atoms with E-state index in [-0.39, 0.29) is 24.4 Å². The minimum Gasteiger partial charge on any atom is -0.375 e. The van der Waals surface area contributed by atoms with Crippen molar-refractivity contribution in [1.82, 2.24) is 9.88 Å². The minimum absolute atomic E-state index is 0. The number of halogens is 3. The number of hydrogen-bond acceptors (Lipinski definition) is 5. The minimum atomic E-state index is -0.197. The van der Waals surface area contributed by atoms with Gasteiger partial charge in [-0.05, 0) is 37.6 Å². The van der Waals surface area contributed by atoms with Crippen LogP contribution in [-0.4, -0.2) is 28.4 Å². The Morgan fingerprint density at radius 3 is 2.92 bits per heavy atom. The molecule has 1 saturated heterocycles. The average Bonchev–Trinajstić information content (AvgIpc) is 2.96. The van der Waals surface area contributed by atoms with Crippen LogP contribution in [0.2, 0.25) is 10.0 Å². The number of carbonyl (C=O) groups excluding carboxylic acids is 1. The van der Waals surface area contributed by atoms with Gasteiger partial charge in [-0.25, -0.2) is 4.98 Å². The Bertz CT molecular complexity index is 740. The summed E-state index contributed by atoms with van der Waals surface area (Å²) >= 11 is 13.6. The molecule has 136 valence electrons. The van der Waals surface area contributed by atoms with E-state index in [9.17, 15) is 4.79 Å². The molecule has 0 spiro atoms. The molecule has 1 atom stereocenters. The van der Waals surface area contributed by atoms with Gasteiger partial charge in [-0.2, -0.15) is 0 Å². The molecule has 2 aromatic rings. The summed E-state index contributed by atoms with van der Waals surface area (Å²) in [7, 11) is 0. The Morgan fingerprint density at radius 2 is 2.20 bits per heavy atom. The van der Waals surface area contributed by atoms with E-state index in [1.54, 1.807) is 24.4 Å². The molecule has 9 heteroatoms. The van der Waals surface area contributed by atoms with E-state index in [0.29, 0.717) is 27.4 Å². The van der Waals surface area contributed by atoms with E-state index in [0.717, 1.165) is 30.7 Å². The lowest BCUT2D eigenvalue weighted by atomic mass is 10.0. The SMILES string of the molecule is Cl.Nc1ncc(CN2CCCCC2C(=O)Nc2cc(Cl)ccc2Cl)s1. The highest BCUT2D eigenvalue weighted by molar-refractivity contribution is 7.15. The number of nitrogens with zero attached hydrogens (tertiary/aromatic N) is 2. The van der Waals surface area contributed by atoms with Crippen LogP contribution in [0.4, 0.5) is 10.8 Å². The van der Waals surface area contributed by atoms with Crippen molar-refractivity contribution in [1.29, 1.82) is 0 Å². The van der Waals surface area contributed by atoms with E-state index in [1.165, 1.54) is 11.3 Å². The number of anilines is 2. The van der Waals surface area contributed by atoms with E-state index in [2.05, 4.69) is 15.2 Å². The van der Waals surface area contributed by atoms with Gasteiger partial charge in [-0.3, -0.25) is 9.69 Å². The number of nitrogen functional groups attached to an aromatic ring is 1. The average molecular weight is 422 g/mol. The van der Waals surface area contributed by atoms with Crippen molar-refractivity contribution in [3.05, 3.63) is 39.3 Å². The summed E-state index contributed by atoms with van der Waals surface area (Å²) < 4.78 is 0. The Labute approximate surface area is 166 Å². The summed E-state index contributed by atoms with van der Waals surface area (Å²) in [6.07, 6.45) is 4.70.